The van der Waals surface area contributed by atoms with Crippen LogP contribution in [0.15, 0.2) is 36.6 Å². The summed E-state index contributed by atoms with van der Waals surface area (Å²) in [6.45, 7) is 10.1. The first-order valence-corrected chi connectivity index (χ1v) is 4.62. The van der Waals surface area contributed by atoms with Gasteiger partial charge in [-0.05, 0) is 18.4 Å². The van der Waals surface area contributed by atoms with E-state index in [2.05, 4.69) is 57.3 Å². The normalized spacial score (nSPS) is 9.85. The van der Waals surface area contributed by atoms with E-state index in [9.17, 15) is 0 Å². The van der Waals surface area contributed by atoms with Crippen molar-refractivity contribution >= 4 is 5.57 Å². The molecular formula is C13H16. The molecule has 1 rings (SSSR count). The van der Waals surface area contributed by atoms with Gasteiger partial charge in [0.1, 0.15) is 0 Å². The standard InChI is InChI=1S/C13H16/c1-5-13(10(2)3)12-8-6-11(4)7-9-12/h6-10H,1H2,2-4H3. The molecule has 0 saturated heterocycles. The summed E-state index contributed by atoms with van der Waals surface area (Å²) in [6, 6.07) is 8.50. The van der Waals surface area contributed by atoms with Crippen LogP contribution in [0.2, 0.25) is 0 Å². The summed E-state index contributed by atoms with van der Waals surface area (Å²) < 4.78 is 0. The van der Waals surface area contributed by atoms with Gasteiger partial charge in [-0.1, -0.05) is 50.3 Å². The molecule has 0 amide bonds. The maximum Gasteiger partial charge on any atom is 0.00313 e. The lowest BCUT2D eigenvalue weighted by Gasteiger charge is -2.08. The number of hydrogen-bond acceptors (Lipinski definition) is 0. The number of rotatable bonds is 2. The Bertz CT molecular complexity index is 322. The fourth-order valence-corrected chi connectivity index (χ4v) is 1.37. The minimum atomic E-state index is 0.486. The summed E-state index contributed by atoms with van der Waals surface area (Å²) in [5.74, 6) is 0.486. The van der Waals surface area contributed by atoms with Crippen LogP contribution in [0.1, 0.15) is 25.0 Å². The molecule has 0 heteroatoms. The highest BCUT2D eigenvalue weighted by molar-refractivity contribution is 5.66. The topological polar surface area (TPSA) is 0 Å². The van der Waals surface area contributed by atoms with Crippen LogP contribution in [0.5, 0.6) is 0 Å². The summed E-state index contributed by atoms with van der Waals surface area (Å²) in [6.07, 6.45) is 0. The molecule has 0 fully saturated rings. The van der Waals surface area contributed by atoms with Crippen molar-refractivity contribution < 1.29 is 0 Å². The van der Waals surface area contributed by atoms with Crippen LogP contribution in [0.4, 0.5) is 0 Å². The smallest absolute Gasteiger partial charge is 0.00313 e. The van der Waals surface area contributed by atoms with Crippen molar-refractivity contribution in [1.82, 2.24) is 0 Å². The van der Waals surface area contributed by atoms with Crippen LogP contribution >= 0.6 is 0 Å². The van der Waals surface area contributed by atoms with Gasteiger partial charge in [0.2, 0.25) is 0 Å². The average Bonchev–Trinajstić information content (AvgIpc) is 2.09. The molecule has 1 aromatic rings. The second kappa shape index (κ2) is 4.11. The fourth-order valence-electron chi connectivity index (χ4n) is 1.37. The molecule has 0 atom stereocenters. The van der Waals surface area contributed by atoms with E-state index in [0.717, 1.165) is 0 Å². The number of benzene rings is 1. The molecule has 68 valence electrons. The highest BCUT2D eigenvalue weighted by Gasteiger charge is 2.04. The second-order valence-electron chi connectivity index (χ2n) is 3.61. The van der Waals surface area contributed by atoms with Crippen LogP contribution in [-0.2, 0) is 0 Å². The third-order valence-electron chi connectivity index (χ3n) is 2.13. The molecule has 0 unspecified atom stereocenters. The van der Waals surface area contributed by atoms with Crippen molar-refractivity contribution in [3.05, 3.63) is 47.7 Å². The Kier molecular flexibility index (Phi) is 3.11. The van der Waals surface area contributed by atoms with Gasteiger partial charge in [0, 0.05) is 5.57 Å². The molecule has 0 aliphatic rings. The van der Waals surface area contributed by atoms with Crippen molar-refractivity contribution in [2.75, 3.05) is 0 Å². The Morgan fingerprint density at radius 1 is 1.23 bits per heavy atom. The van der Waals surface area contributed by atoms with Crippen molar-refractivity contribution in [2.45, 2.75) is 20.8 Å². The summed E-state index contributed by atoms with van der Waals surface area (Å²) in [5.41, 5.74) is 6.72. The summed E-state index contributed by atoms with van der Waals surface area (Å²) in [5, 5.41) is 0. The Labute approximate surface area is 80.6 Å². The maximum atomic E-state index is 3.72. The van der Waals surface area contributed by atoms with Crippen LogP contribution in [0, 0.1) is 12.8 Å². The van der Waals surface area contributed by atoms with E-state index in [0.29, 0.717) is 5.92 Å². The molecule has 13 heavy (non-hydrogen) atoms. The number of aryl methyl sites for hydroxylation is 1. The molecule has 0 aromatic heterocycles. The van der Waals surface area contributed by atoms with Gasteiger partial charge in [0.15, 0.2) is 0 Å². The van der Waals surface area contributed by atoms with Gasteiger partial charge in [0.05, 0.1) is 0 Å². The van der Waals surface area contributed by atoms with Crippen molar-refractivity contribution in [2.24, 2.45) is 5.92 Å². The van der Waals surface area contributed by atoms with Gasteiger partial charge in [-0.2, -0.15) is 0 Å². The fraction of sp³-hybridized carbons (Fsp3) is 0.308. The SMILES string of the molecule is C=C=C(c1ccc(C)cc1)C(C)C. The van der Waals surface area contributed by atoms with Gasteiger partial charge in [0.25, 0.3) is 0 Å². The molecule has 0 aliphatic carbocycles. The van der Waals surface area contributed by atoms with Gasteiger partial charge < -0.3 is 0 Å². The zero-order valence-corrected chi connectivity index (χ0v) is 8.59. The lowest BCUT2D eigenvalue weighted by Crippen LogP contribution is -1.91. The lowest BCUT2D eigenvalue weighted by molar-refractivity contribution is 0.857. The first kappa shape index (κ1) is 9.83. The minimum Gasteiger partial charge on any atom is -0.124 e. The molecule has 0 heterocycles. The quantitative estimate of drug-likeness (QED) is 0.595. The van der Waals surface area contributed by atoms with Crippen molar-refractivity contribution in [3.8, 4) is 0 Å². The molecule has 0 bridgehead atoms. The number of hydrogen-bond donors (Lipinski definition) is 0. The first-order chi connectivity index (χ1) is 6.15. The molecule has 0 N–H and O–H groups in total. The largest absolute Gasteiger partial charge is 0.124 e. The van der Waals surface area contributed by atoms with Gasteiger partial charge >= 0.3 is 0 Å². The molecular weight excluding hydrogens is 156 g/mol. The molecule has 0 aliphatic heterocycles. The number of allylic oxidation sites excluding steroid dienone is 1. The predicted octanol–water partition coefficient (Wildman–Crippen LogP) is 3.82. The third kappa shape index (κ3) is 2.34. The Morgan fingerprint density at radius 2 is 1.77 bits per heavy atom. The van der Waals surface area contributed by atoms with E-state index in [1.807, 2.05) is 0 Å². The van der Waals surface area contributed by atoms with E-state index >= 15 is 0 Å². The first-order valence-electron chi connectivity index (χ1n) is 4.62. The van der Waals surface area contributed by atoms with E-state index in [1.54, 1.807) is 0 Å². The zero-order valence-electron chi connectivity index (χ0n) is 8.59. The molecule has 1 aromatic carbocycles. The van der Waals surface area contributed by atoms with Crippen LogP contribution in [-0.4, -0.2) is 0 Å². The highest BCUT2D eigenvalue weighted by atomic mass is 14.1. The van der Waals surface area contributed by atoms with Crippen molar-refractivity contribution in [1.29, 1.82) is 0 Å². The summed E-state index contributed by atoms with van der Waals surface area (Å²) in [4.78, 5) is 0. The van der Waals surface area contributed by atoms with E-state index < -0.39 is 0 Å². The van der Waals surface area contributed by atoms with Crippen LogP contribution in [0.25, 0.3) is 5.57 Å². The van der Waals surface area contributed by atoms with E-state index in [-0.39, 0.29) is 0 Å². The maximum absolute atomic E-state index is 3.72. The van der Waals surface area contributed by atoms with Crippen LogP contribution < -0.4 is 0 Å². The highest BCUT2D eigenvalue weighted by Crippen LogP contribution is 2.21. The summed E-state index contributed by atoms with van der Waals surface area (Å²) >= 11 is 0. The van der Waals surface area contributed by atoms with Gasteiger partial charge in [-0.25, -0.2) is 0 Å². The third-order valence-corrected chi connectivity index (χ3v) is 2.13. The molecule has 0 radical (unpaired) electrons. The minimum absolute atomic E-state index is 0.486. The Morgan fingerprint density at radius 3 is 2.15 bits per heavy atom. The second-order valence-corrected chi connectivity index (χ2v) is 3.61. The lowest BCUT2D eigenvalue weighted by atomic mass is 9.96. The Balaban J connectivity index is 3.08. The Hall–Kier alpha value is -1.26. The zero-order chi connectivity index (χ0) is 9.84. The van der Waals surface area contributed by atoms with Crippen molar-refractivity contribution in [3.63, 3.8) is 0 Å². The van der Waals surface area contributed by atoms with E-state index in [1.165, 1.54) is 16.7 Å². The molecule has 0 spiro atoms. The van der Waals surface area contributed by atoms with Gasteiger partial charge in [-0.3, -0.25) is 0 Å². The monoisotopic (exact) mass is 172 g/mol. The molecule has 0 nitrogen and oxygen atoms in total. The van der Waals surface area contributed by atoms with E-state index in [4.69, 9.17) is 0 Å². The average molecular weight is 172 g/mol. The van der Waals surface area contributed by atoms with Gasteiger partial charge in [-0.15, -0.1) is 5.73 Å². The van der Waals surface area contributed by atoms with Crippen LogP contribution in [0.3, 0.4) is 0 Å². The predicted molar refractivity (Wildman–Crippen MR) is 58.6 cm³/mol. The summed E-state index contributed by atoms with van der Waals surface area (Å²) in [7, 11) is 0. The molecule has 0 saturated carbocycles.